The van der Waals surface area contributed by atoms with Crippen LogP contribution in [-0.4, -0.2) is 73.1 Å². The molecule has 2 fully saturated rings. The molecule has 2 atom stereocenters. The van der Waals surface area contributed by atoms with Crippen molar-refractivity contribution in [3.8, 4) is 0 Å². The molecule has 19 heavy (non-hydrogen) atoms. The van der Waals surface area contributed by atoms with E-state index < -0.39 is 0 Å². The van der Waals surface area contributed by atoms with Gasteiger partial charge < -0.3 is 19.9 Å². The van der Waals surface area contributed by atoms with Crippen LogP contribution in [0.3, 0.4) is 0 Å². The Bertz CT molecular complexity index is 348. The van der Waals surface area contributed by atoms with E-state index in [2.05, 4.69) is 12.2 Å². The van der Waals surface area contributed by atoms with Crippen molar-refractivity contribution in [2.24, 2.45) is 0 Å². The summed E-state index contributed by atoms with van der Waals surface area (Å²) in [5.74, 6) is 0.0387. The van der Waals surface area contributed by atoms with Crippen LogP contribution in [0.15, 0.2) is 0 Å². The Labute approximate surface area is 114 Å². The minimum Gasteiger partial charge on any atom is -0.372 e. The molecule has 2 saturated heterocycles. The average molecular weight is 269 g/mol. The van der Waals surface area contributed by atoms with Crippen molar-refractivity contribution in [1.82, 2.24) is 15.1 Å². The highest BCUT2D eigenvalue weighted by Crippen LogP contribution is 2.14. The molecular weight excluding hydrogens is 246 g/mol. The fourth-order valence-corrected chi connectivity index (χ4v) is 2.55. The highest BCUT2D eigenvalue weighted by molar-refractivity contribution is 5.86. The third-order valence-corrected chi connectivity index (χ3v) is 3.65. The number of carbonyl (C=O) groups excluding carboxylic acids is 2. The normalized spacial score (nSPS) is 28.6. The van der Waals surface area contributed by atoms with Gasteiger partial charge in [0.25, 0.3) is 0 Å². The van der Waals surface area contributed by atoms with E-state index in [0.29, 0.717) is 26.2 Å². The van der Waals surface area contributed by atoms with Crippen LogP contribution in [0.2, 0.25) is 0 Å². The number of nitrogens with one attached hydrogen (secondary N) is 1. The molecule has 0 aromatic heterocycles. The highest BCUT2D eigenvalue weighted by atomic mass is 16.5. The summed E-state index contributed by atoms with van der Waals surface area (Å²) in [7, 11) is 0. The molecule has 0 spiro atoms. The van der Waals surface area contributed by atoms with Gasteiger partial charge in [0.2, 0.25) is 11.8 Å². The van der Waals surface area contributed by atoms with Crippen LogP contribution in [0, 0.1) is 0 Å². The highest BCUT2D eigenvalue weighted by Gasteiger charge is 2.29. The maximum atomic E-state index is 12.3. The van der Waals surface area contributed by atoms with Crippen molar-refractivity contribution in [2.45, 2.75) is 32.5 Å². The van der Waals surface area contributed by atoms with Crippen molar-refractivity contribution in [3.05, 3.63) is 0 Å². The topological polar surface area (TPSA) is 61.9 Å². The Morgan fingerprint density at radius 3 is 2.95 bits per heavy atom. The largest absolute Gasteiger partial charge is 0.372 e. The molecule has 0 radical (unpaired) electrons. The molecule has 6 heteroatoms. The number of piperazine rings is 1. The van der Waals surface area contributed by atoms with Gasteiger partial charge in [-0.05, 0) is 13.3 Å². The Morgan fingerprint density at radius 1 is 1.47 bits per heavy atom. The summed E-state index contributed by atoms with van der Waals surface area (Å²) in [6.07, 6.45) is 1.09. The molecule has 2 amide bonds. The van der Waals surface area contributed by atoms with E-state index in [0.717, 1.165) is 13.0 Å². The van der Waals surface area contributed by atoms with Gasteiger partial charge in [-0.15, -0.1) is 0 Å². The second-order valence-electron chi connectivity index (χ2n) is 5.27. The first kappa shape index (κ1) is 14.3. The molecule has 1 N–H and O–H groups in total. The molecule has 2 rings (SSSR count). The Morgan fingerprint density at radius 2 is 2.26 bits per heavy atom. The van der Waals surface area contributed by atoms with Gasteiger partial charge in [0.15, 0.2) is 0 Å². The molecule has 0 bridgehead atoms. The van der Waals surface area contributed by atoms with Crippen LogP contribution in [-0.2, 0) is 14.3 Å². The zero-order valence-electron chi connectivity index (χ0n) is 11.7. The van der Waals surface area contributed by atoms with Gasteiger partial charge in [0.05, 0.1) is 25.3 Å². The van der Waals surface area contributed by atoms with Crippen LogP contribution in [0.25, 0.3) is 0 Å². The molecule has 0 unspecified atom stereocenters. The Balaban J connectivity index is 1.89. The molecule has 108 valence electrons. The molecule has 0 aliphatic carbocycles. The lowest BCUT2D eigenvalue weighted by molar-refractivity contribution is -0.149. The van der Waals surface area contributed by atoms with E-state index >= 15 is 0 Å². The van der Waals surface area contributed by atoms with Gasteiger partial charge >= 0.3 is 0 Å². The van der Waals surface area contributed by atoms with Gasteiger partial charge in [0, 0.05) is 26.2 Å². The van der Waals surface area contributed by atoms with Crippen molar-refractivity contribution in [2.75, 3.05) is 39.3 Å². The van der Waals surface area contributed by atoms with Crippen LogP contribution >= 0.6 is 0 Å². The molecule has 0 aromatic rings. The predicted molar refractivity (Wildman–Crippen MR) is 70.7 cm³/mol. The van der Waals surface area contributed by atoms with E-state index in [-0.39, 0.29) is 30.6 Å². The van der Waals surface area contributed by atoms with Crippen molar-refractivity contribution in [1.29, 1.82) is 0 Å². The molecule has 0 saturated carbocycles. The third kappa shape index (κ3) is 3.67. The number of ether oxygens (including phenoxy) is 1. The van der Waals surface area contributed by atoms with E-state index in [4.69, 9.17) is 4.74 Å². The fraction of sp³-hybridized carbons (Fsp3) is 0.846. The summed E-state index contributed by atoms with van der Waals surface area (Å²) in [6, 6.07) is 0. The number of amides is 2. The van der Waals surface area contributed by atoms with Gasteiger partial charge in [-0.25, -0.2) is 0 Å². The lowest BCUT2D eigenvalue weighted by Gasteiger charge is -2.38. The third-order valence-electron chi connectivity index (χ3n) is 3.65. The molecule has 0 aromatic carbocycles. The molecule has 2 aliphatic heterocycles. The van der Waals surface area contributed by atoms with E-state index in [1.165, 1.54) is 0 Å². The van der Waals surface area contributed by atoms with Crippen LogP contribution < -0.4 is 5.32 Å². The van der Waals surface area contributed by atoms with Crippen molar-refractivity contribution < 1.29 is 14.3 Å². The summed E-state index contributed by atoms with van der Waals surface area (Å²) >= 11 is 0. The van der Waals surface area contributed by atoms with Gasteiger partial charge in [-0.1, -0.05) is 6.92 Å². The quantitative estimate of drug-likeness (QED) is 0.746. The van der Waals surface area contributed by atoms with E-state index in [1.807, 2.05) is 11.8 Å². The number of rotatable bonds is 3. The monoisotopic (exact) mass is 269 g/mol. The Kier molecular flexibility index (Phi) is 4.76. The average Bonchev–Trinajstić information content (AvgIpc) is 2.40. The zero-order valence-corrected chi connectivity index (χ0v) is 11.7. The number of hydrogen-bond donors (Lipinski definition) is 1. The number of carbonyl (C=O) groups is 2. The lowest BCUT2D eigenvalue weighted by atomic mass is 10.2. The smallest absolute Gasteiger partial charge is 0.242 e. The minimum absolute atomic E-state index is 0.00736. The molecule has 2 aliphatic rings. The second-order valence-corrected chi connectivity index (χ2v) is 5.27. The molecule has 6 nitrogen and oxygen atoms in total. The molecular formula is C13H23N3O3. The summed E-state index contributed by atoms with van der Waals surface area (Å²) in [4.78, 5) is 27.4. The first-order chi connectivity index (χ1) is 9.10. The summed E-state index contributed by atoms with van der Waals surface area (Å²) < 4.78 is 5.74. The standard InChI is InChI=1S/C13H23N3O3/c1-3-11-8-16(7-10(2)19-11)13(18)9-15-5-4-14-6-12(15)17/h10-11,14H,3-9H2,1-2H3/t10-,11-/m0/s1. The first-order valence-corrected chi connectivity index (χ1v) is 7.02. The van der Waals surface area contributed by atoms with E-state index in [1.54, 1.807) is 4.90 Å². The Hall–Kier alpha value is -1.14. The number of nitrogens with zero attached hydrogens (tertiary/aromatic N) is 2. The molecule has 2 heterocycles. The van der Waals surface area contributed by atoms with Gasteiger partial charge in [-0.2, -0.15) is 0 Å². The SMILES string of the molecule is CC[C@H]1CN(C(=O)CN2CCNCC2=O)C[C@H](C)O1. The number of hydrogen-bond acceptors (Lipinski definition) is 4. The van der Waals surface area contributed by atoms with Crippen LogP contribution in [0.4, 0.5) is 0 Å². The minimum atomic E-state index is 0.00736. The summed E-state index contributed by atoms with van der Waals surface area (Å²) in [5.41, 5.74) is 0. The van der Waals surface area contributed by atoms with E-state index in [9.17, 15) is 9.59 Å². The van der Waals surface area contributed by atoms with Crippen molar-refractivity contribution >= 4 is 11.8 Å². The predicted octanol–water partition coefficient (Wildman–Crippen LogP) is -0.556. The summed E-state index contributed by atoms with van der Waals surface area (Å²) in [6.45, 7) is 7.21. The van der Waals surface area contributed by atoms with Crippen LogP contribution in [0.5, 0.6) is 0 Å². The first-order valence-electron chi connectivity index (χ1n) is 7.02. The van der Waals surface area contributed by atoms with Gasteiger partial charge in [-0.3, -0.25) is 9.59 Å². The number of morpholine rings is 1. The lowest BCUT2D eigenvalue weighted by Crippen LogP contribution is -2.55. The van der Waals surface area contributed by atoms with Crippen LogP contribution in [0.1, 0.15) is 20.3 Å². The maximum absolute atomic E-state index is 12.3. The second kappa shape index (κ2) is 6.34. The maximum Gasteiger partial charge on any atom is 0.242 e. The van der Waals surface area contributed by atoms with Crippen molar-refractivity contribution in [3.63, 3.8) is 0 Å². The zero-order chi connectivity index (χ0) is 13.8. The summed E-state index contributed by atoms with van der Waals surface area (Å²) in [5, 5.41) is 3.00. The van der Waals surface area contributed by atoms with Gasteiger partial charge in [0.1, 0.15) is 0 Å². The fourth-order valence-electron chi connectivity index (χ4n) is 2.55.